The van der Waals surface area contributed by atoms with E-state index in [1.54, 1.807) is 4.90 Å². The summed E-state index contributed by atoms with van der Waals surface area (Å²) < 4.78 is 38.5. The molecule has 0 bridgehead atoms. The maximum absolute atomic E-state index is 12.4. The van der Waals surface area contributed by atoms with Crippen LogP contribution in [0.4, 0.5) is 13.2 Å². The first kappa shape index (κ1) is 12.5. The molecule has 1 amide bonds. The molecule has 1 aromatic rings. The Bertz CT molecular complexity index is 483. The van der Waals surface area contributed by atoms with Crippen molar-refractivity contribution in [1.82, 2.24) is 14.7 Å². The minimum absolute atomic E-state index is 0.242. The fourth-order valence-corrected chi connectivity index (χ4v) is 3.32. The predicted octanol–water partition coefficient (Wildman–Crippen LogP) is 1.77. The Morgan fingerprint density at radius 2 is 2.11 bits per heavy atom. The first-order valence-electron chi connectivity index (χ1n) is 6.20. The summed E-state index contributed by atoms with van der Waals surface area (Å²) >= 11 is 0. The Balaban J connectivity index is 1.52. The maximum atomic E-state index is 12.4. The Morgan fingerprint density at radius 3 is 2.63 bits per heavy atom. The molecule has 7 heteroatoms. The lowest BCUT2D eigenvalue weighted by atomic mass is 9.58. The van der Waals surface area contributed by atoms with E-state index >= 15 is 0 Å². The van der Waals surface area contributed by atoms with Crippen LogP contribution in [0, 0.1) is 11.3 Å². The topological polar surface area (TPSA) is 38.1 Å². The molecule has 104 valence electrons. The molecule has 0 radical (unpaired) electrons. The zero-order valence-electron chi connectivity index (χ0n) is 10.2. The average molecular weight is 273 g/mol. The zero-order chi connectivity index (χ0) is 13.7. The lowest BCUT2D eigenvalue weighted by Gasteiger charge is -2.58. The van der Waals surface area contributed by atoms with Crippen molar-refractivity contribution in [1.29, 1.82) is 0 Å². The van der Waals surface area contributed by atoms with Gasteiger partial charge >= 0.3 is 6.18 Å². The van der Waals surface area contributed by atoms with Gasteiger partial charge in [-0.25, -0.2) is 0 Å². The van der Waals surface area contributed by atoms with Gasteiger partial charge < -0.3 is 4.90 Å². The number of likely N-dealkylation sites (tertiary alicyclic amines) is 1. The predicted molar refractivity (Wildman–Crippen MR) is 60.0 cm³/mol. The summed E-state index contributed by atoms with van der Waals surface area (Å²) in [6.07, 6.45) is -0.199. The second kappa shape index (κ2) is 3.98. The first-order chi connectivity index (χ1) is 8.90. The van der Waals surface area contributed by atoms with Gasteiger partial charge in [0.2, 0.25) is 6.41 Å². The SMILES string of the molecule is O=CN1CC2(CC(Cn3ccc(C(F)(F)F)n3)C2)C1. The van der Waals surface area contributed by atoms with Crippen molar-refractivity contribution in [2.24, 2.45) is 11.3 Å². The number of hydrogen-bond acceptors (Lipinski definition) is 2. The van der Waals surface area contributed by atoms with Crippen LogP contribution in [0.2, 0.25) is 0 Å². The van der Waals surface area contributed by atoms with Gasteiger partial charge in [-0.2, -0.15) is 18.3 Å². The molecule has 2 fully saturated rings. The molecule has 1 spiro atoms. The summed E-state index contributed by atoms with van der Waals surface area (Å²) in [6.45, 7) is 2.11. The van der Waals surface area contributed by atoms with Gasteiger partial charge in [-0.1, -0.05) is 0 Å². The third-order valence-corrected chi connectivity index (χ3v) is 4.05. The highest BCUT2D eigenvalue weighted by Crippen LogP contribution is 2.51. The molecule has 0 unspecified atom stereocenters. The summed E-state index contributed by atoms with van der Waals surface area (Å²) in [6, 6.07) is 1.01. The molecule has 1 aromatic heterocycles. The largest absolute Gasteiger partial charge is 0.435 e. The second-order valence-corrected chi connectivity index (χ2v) is 5.71. The quantitative estimate of drug-likeness (QED) is 0.787. The third-order valence-electron chi connectivity index (χ3n) is 4.05. The van der Waals surface area contributed by atoms with Gasteiger partial charge in [-0.15, -0.1) is 0 Å². The Hall–Kier alpha value is -1.53. The van der Waals surface area contributed by atoms with Crippen LogP contribution in [0.5, 0.6) is 0 Å². The smallest absolute Gasteiger partial charge is 0.344 e. The van der Waals surface area contributed by atoms with Gasteiger partial charge in [0.05, 0.1) is 0 Å². The first-order valence-corrected chi connectivity index (χ1v) is 6.20. The Morgan fingerprint density at radius 1 is 1.42 bits per heavy atom. The summed E-state index contributed by atoms with van der Waals surface area (Å²) in [7, 11) is 0. The van der Waals surface area contributed by atoms with E-state index in [1.165, 1.54) is 10.9 Å². The van der Waals surface area contributed by atoms with E-state index in [1.807, 2.05) is 0 Å². The van der Waals surface area contributed by atoms with Crippen molar-refractivity contribution in [2.75, 3.05) is 13.1 Å². The highest BCUT2D eigenvalue weighted by atomic mass is 19.4. The van der Waals surface area contributed by atoms with Crippen LogP contribution in [0.25, 0.3) is 0 Å². The van der Waals surface area contributed by atoms with Gasteiger partial charge in [0.1, 0.15) is 0 Å². The van der Waals surface area contributed by atoms with E-state index in [0.717, 1.165) is 38.4 Å². The number of alkyl halides is 3. The van der Waals surface area contributed by atoms with E-state index in [4.69, 9.17) is 0 Å². The van der Waals surface area contributed by atoms with E-state index in [-0.39, 0.29) is 5.41 Å². The number of rotatable bonds is 3. The van der Waals surface area contributed by atoms with Gasteiger partial charge in [0.25, 0.3) is 0 Å². The number of amides is 1. The van der Waals surface area contributed by atoms with Crippen molar-refractivity contribution in [3.63, 3.8) is 0 Å². The summed E-state index contributed by atoms with van der Waals surface area (Å²) in [5.74, 6) is 0.370. The number of nitrogens with zero attached hydrogens (tertiary/aromatic N) is 3. The highest BCUT2D eigenvalue weighted by Gasteiger charge is 2.51. The average Bonchev–Trinajstić information content (AvgIpc) is 2.67. The Kier molecular flexibility index (Phi) is 2.62. The van der Waals surface area contributed by atoms with Gasteiger partial charge in [0.15, 0.2) is 5.69 Å². The minimum Gasteiger partial charge on any atom is -0.344 e. The molecule has 0 N–H and O–H groups in total. The second-order valence-electron chi connectivity index (χ2n) is 5.71. The molecule has 1 saturated carbocycles. The number of halogens is 3. The van der Waals surface area contributed by atoms with Crippen molar-refractivity contribution in [3.8, 4) is 0 Å². The van der Waals surface area contributed by atoms with E-state index in [9.17, 15) is 18.0 Å². The molecule has 2 heterocycles. The maximum Gasteiger partial charge on any atom is 0.435 e. The van der Waals surface area contributed by atoms with Crippen LogP contribution in [-0.2, 0) is 17.5 Å². The lowest BCUT2D eigenvalue weighted by Crippen LogP contribution is -2.62. The molecule has 4 nitrogen and oxygen atoms in total. The van der Waals surface area contributed by atoms with Crippen molar-refractivity contribution < 1.29 is 18.0 Å². The third kappa shape index (κ3) is 2.21. The highest BCUT2D eigenvalue weighted by molar-refractivity contribution is 5.49. The molecule has 1 aliphatic carbocycles. The van der Waals surface area contributed by atoms with E-state index < -0.39 is 11.9 Å². The molecular formula is C12H14F3N3O. The molecule has 3 rings (SSSR count). The minimum atomic E-state index is -4.37. The van der Waals surface area contributed by atoms with Crippen LogP contribution in [0.15, 0.2) is 12.3 Å². The van der Waals surface area contributed by atoms with Gasteiger partial charge in [-0.3, -0.25) is 9.48 Å². The lowest BCUT2D eigenvalue weighted by molar-refractivity contribution is -0.143. The normalized spacial score (nSPS) is 22.2. The van der Waals surface area contributed by atoms with Crippen molar-refractivity contribution >= 4 is 6.41 Å². The van der Waals surface area contributed by atoms with Crippen molar-refractivity contribution in [3.05, 3.63) is 18.0 Å². The summed E-state index contributed by atoms with van der Waals surface area (Å²) in [4.78, 5) is 12.2. The Labute approximate surface area is 108 Å². The van der Waals surface area contributed by atoms with Crippen LogP contribution >= 0.6 is 0 Å². The van der Waals surface area contributed by atoms with Crippen LogP contribution in [0.3, 0.4) is 0 Å². The van der Waals surface area contributed by atoms with E-state index in [0.29, 0.717) is 12.5 Å². The molecule has 19 heavy (non-hydrogen) atoms. The van der Waals surface area contributed by atoms with Gasteiger partial charge in [0, 0.05) is 31.2 Å². The van der Waals surface area contributed by atoms with Crippen LogP contribution < -0.4 is 0 Å². The van der Waals surface area contributed by atoms with Crippen molar-refractivity contribution in [2.45, 2.75) is 25.6 Å². The number of carbonyl (C=O) groups excluding carboxylic acids is 1. The monoisotopic (exact) mass is 273 g/mol. The fourth-order valence-electron chi connectivity index (χ4n) is 3.32. The number of aromatic nitrogens is 2. The zero-order valence-corrected chi connectivity index (χ0v) is 10.2. The summed E-state index contributed by atoms with van der Waals surface area (Å²) in [5.41, 5.74) is -0.594. The number of hydrogen-bond donors (Lipinski definition) is 0. The molecule has 1 aliphatic heterocycles. The molecular weight excluding hydrogens is 259 g/mol. The van der Waals surface area contributed by atoms with Crippen LogP contribution in [-0.4, -0.2) is 34.2 Å². The molecule has 1 saturated heterocycles. The van der Waals surface area contributed by atoms with Gasteiger partial charge in [-0.05, 0) is 24.8 Å². The fraction of sp³-hybridized carbons (Fsp3) is 0.667. The summed E-state index contributed by atoms with van der Waals surface area (Å²) in [5, 5.41) is 3.55. The standard InChI is InChI=1S/C12H14F3N3O/c13-12(14,15)10-1-2-18(16-10)5-9-3-11(4-9)6-17(7-11)8-19/h1-2,8-9H,3-7H2. The molecule has 2 aliphatic rings. The molecule has 0 atom stereocenters. The van der Waals surface area contributed by atoms with Crippen LogP contribution in [0.1, 0.15) is 18.5 Å². The number of carbonyl (C=O) groups is 1. The molecule has 0 aromatic carbocycles. The van der Waals surface area contributed by atoms with E-state index in [2.05, 4.69) is 5.10 Å².